The first-order valence-electron chi connectivity index (χ1n) is 9.23. The SMILES string of the molecule is COc1cc(C)c([C@@H](C)NC(=O)CSCc2c(F)cccc2Cl)cc1C(C)C. The van der Waals surface area contributed by atoms with Gasteiger partial charge < -0.3 is 10.1 Å². The molecule has 152 valence electrons. The van der Waals surface area contributed by atoms with Crippen molar-refractivity contribution in [2.45, 2.75) is 45.4 Å². The Morgan fingerprint density at radius 1 is 1.25 bits per heavy atom. The van der Waals surface area contributed by atoms with E-state index >= 15 is 0 Å². The molecule has 1 N–H and O–H groups in total. The Morgan fingerprint density at radius 2 is 1.96 bits per heavy atom. The van der Waals surface area contributed by atoms with Gasteiger partial charge in [0.15, 0.2) is 0 Å². The quantitative estimate of drug-likeness (QED) is 0.563. The average Bonchev–Trinajstić information content (AvgIpc) is 2.63. The molecule has 0 unspecified atom stereocenters. The number of nitrogens with one attached hydrogen (secondary N) is 1. The van der Waals surface area contributed by atoms with Gasteiger partial charge in [-0.25, -0.2) is 4.39 Å². The summed E-state index contributed by atoms with van der Waals surface area (Å²) in [6, 6.07) is 8.60. The number of thioether (sulfide) groups is 1. The molecule has 2 rings (SSSR count). The molecule has 0 fully saturated rings. The maximum atomic E-state index is 13.8. The molecule has 0 radical (unpaired) electrons. The van der Waals surface area contributed by atoms with E-state index in [1.54, 1.807) is 19.2 Å². The van der Waals surface area contributed by atoms with Crippen molar-refractivity contribution in [3.05, 3.63) is 63.4 Å². The van der Waals surface area contributed by atoms with Gasteiger partial charge in [-0.05, 0) is 60.7 Å². The number of benzene rings is 2. The molecule has 0 spiro atoms. The second-order valence-electron chi connectivity index (χ2n) is 7.09. The van der Waals surface area contributed by atoms with Crippen LogP contribution in [0.25, 0.3) is 0 Å². The highest BCUT2D eigenvalue weighted by atomic mass is 35.5. The van der Waals surface area contributed by atoms with Gasteiger partial charge in [-0.2, -0.15) is 0 Å². The van der Waals surface area contributed by atoms with Crippen molar-refractivity contribution in [3.8, 4) is 5.75 Å². The summed E-state index contributed by atoms with van der Waals surface area (Å²) in [5.41, 5.74) is 3.69. The van der Waals surface area contributed by atoms with Gasteiger partial charge in [0.25, 0.3) is 0 Å². The molecule has 2 aromatic rings. The van der Waals surface area contributed by atoms with E-state index in [0.29, 0.717) is 22.3 Å². The van der Waals surface area contributed by atoms with E-state index in [-0.39, 0.29) is 23.5 Å². The Balaban J connectivity index is 1.99. The lowest BCUT2D eigenvalue weighted by Crippen LogP contribution is -2.28. The molecule has 0 aliphatic rings. The van der Waals surface area contributed by atoms with Gasteiger partial charge in [-0.1, -0.05) is 31.5 Å². The molecule has 6 heteroatoms. The van der Waals surface area contributed by atoms with Crippen LogP contribution in [0.5, 0.6) is 5.75 Å². The summed E-state index contributed by atoms with van der Waals surface area (Å²) in [4.78, 5) is 12.4. The Labute approximate surface area is 176 Å². The highest BCUT2D eigenvalue weighted by Gasteiger charge is 2.17. The number of amides is 1. The van der Waals surface area contributed by atoms with Gasteiger partial charge in [0.2, 0.25) is 5.91 Å². The summed E-state index contributed by atoms with van der Waals surface area (Å²) in [6.45, 7) is 8.21. The first-order valence-corrected chi connectivity index (χ1v) is 10.8. The summed E-state index contributed by atoms with van der Waals surface area (Å²) in [5.74, 6) is 1.34. The standard InChI is InChI=1S/C22H27ClFNO2S/c1-13(2)16-10-17(14(3)9-21(16)27-5)15(4)25-22(26)12-28-11-18-19(23)7-6-8-20(18)24/h6-10,13,15H,11-12H2,1-5H3,(H,25,26)/t15-/m1/s1. The predicted molar refractivity (Wildman–Crippen MR) is 116 cm³/mol. The Kier molecular flexibility index (Phi) is 8.20. The summed E-state index contributed by atoms with van der Waals surface area (Å²) in [5, 5.41) is 3.41. The molecule has 0 aromatic heterocycles. The smallest absolute Gasteiger partial charge is 0.230 e. The second-order valence-corrected chi connectivity index (χ2v) is 8.48. The van der Waals surface area contributed by atoms with Crippen LogP contribution in [0.2, 0.25) is 5.02 Å². The number of hydrogen-bond acceptors (Lipinski definition) is 3. The van der Waals surface area contributed by atoms with Crippen LogP contribution < -0.4 is 10.1 Å². The molecule has 1 amide bonds. The van der Waals surface area contributed by atoms with Crippen molar-refractivity contribution in [1.82, 2.24) is 5.32 Å². The van der Waals surface area contributed by atoms with Gasteiger partial charge in [0.05, 0.1) is 18.9 Å². The molecule has 3 nitrogen and oxygen atoms in total. The summed E-state index contributed by atoms with van der Waals surface area (Å²) >= 11 is 7.37. The fraction of sp³-hybridized carbons (Fsp3) is 0.409. The van der Waals surface area contributed by atoms with E-state index in [9.17, 15) is 9.18 Å². The third kappa shape index (κ3) is 5.65. The minimum Gasteiger partial charge on any atom is -0.496 e. The highest BCUT2D eigenvalue weighted by molar-refractivity contribution is 7.99. The lowest BCUT2D eigenvalue weighted by Gasteiger charge is -2.21. The van der Waals surface area contributed by atoms with Gasteiger partial charge in [-0.15, -0.1) is 11.8 Å². The third-order valence-corrected chi connectivity index (χ3v) is 5.94. The zero-order chi connectivity index (χ0) is 20.8. The maximum Gasteiger partial charge on any atom is 0.230 e. The van der Waals surface area contributed by atoms with Gasteiger partial charge in [0, 0.05) is 16.3 Å². The minimum atomic E-state index is -0.344. The van der Waals surface area contributed by atoms with Crippen LogP contribution in [0.1, 0.15) is 55.0 Å². The molecule has 28 heavy (non-hydrogen) atoms. The van der Waals surface area contributed by atoms with Crippen LogP contribution in [0.15, 0.2) is 30.3 Å². The van der Waals surface area contributed by atoms with Crippen molar-refractivity contribution < 1.29 is 13.9 Å². The topological polar surface area (TPSA) is 38.3 Å². The van der Waals surface area contributed by atoms with Crippen LogP contribution in [-0.2, 0) is 10.5 Å². The van der Waals surface area contributed by atoms with Crippen molar-refractivity contribution in [2.24, 2.45) is 0 Å². The number of ether oxygens (including phenoxy) is 1. The third-order valence-electron chi connectivity index (χ3n) is 4.63. The molecule has 1 atom stereocenters. The molecule has 0 bridgehead atoms. The van der Waals surface area contributed by atoms with E-state index < -0.39 is 0 Å². The number of carbonyl (C=O) groups is 1. The maximum absolute atomic E-state index is 13.8. The number of carbonyl (C=O) groups excluding carboxylic acids is 1. The Bertz CT molecular complexity index is 821. The van der Waals surface area contributed by atoms with Crippen LogP contribution in [0.3, 0.4) is 0 Å². The number of hydrogen-bond donors (Lipinski definition) is 1. The summed E-state index contributed by atoms with van der Waals surface area (Å²) in [6.07, 6.45) is 0. The lowest BCUT2D eigenvalue weighted by molar-refractivity contribution is -0.119. The van der Waals surface area contributed by atoms with Crippen LogP contribution in [-0.4, -0.2) is 18.8 Å². The van der Waals surface area contributed by atoms with E-state index in [1.807, 2.05) is 19.9 Å². The predicted octanol–water partition coefficient (Wildman–Crippen LogP) is 6.03. The van der Waals surface area contributed by atoms with E-state index in [0.717, 1.165) is 22.4 Å². The molecule has 0 saturated heterocycles. The van der Waals surface area contributed by atoms with Gasteiger partial charge in [0.1, 0.15) is 11.6 Å². The van der Waals surface area contributed by atoms with Gasteiger partial charge >= 0.3 is 0 Å². The van der Waals surface area contributed by atoms with E-state index in [2.05, 4.69) is 25.2 Å². The van der Waals surface area contributed by atoms with Crippen LogP contribution in [0, 0.1) is 12.7 Å². The number of halogens is 2. The largest absolute Gasteiger partial charge is 0.496 e. The molecule has 2 aromatic carbocycles. The number of methoxy groups -OCH3 is 1. The first-order chi connectivity index (χ1) is 13.2. The fourth-order valence-corrected chi connectivity index (χ4v) is 4.26. The summed E-state index contributed by atoms with van der Waals surface area (Å²) in [7, 11) is 1.67. The zero-order valence-corrected chi connectivity index (χ0v) is 18.5. The van der Waals surface area contributed by atoms with Gasteiger partial charge in [-0.3, -0.25) is 4.79 Å². The van der Waals surface area contributed by atoms with E-state index in [4.69, 9.17) is 16.3 Å². The Morgan fingerprint density at radius 3 is 2.57 bits per heavy atom. The van der Waals surface area contributed by atoms with Crippen LogP contribution in [0.4, 0.5) is 4.39 Å². The monoisotopic (exact) mass is 423 g/mol. The lowest BCUT2D eigenvalue weighted by atomic mass is 9.93. The van der Waals surface area contributed by atoms with Crippen molar-refractivity contribution in [2.75, 3.05) is 12.9 Å². The van der Waals surface area contributed by atoms with Crippen molar-refractivity contribution in [3.63, 3.8) is 0 Å². The number of rotatable bonds is 8. The first kappa shape index (κ1) is 22.6. The molecule has 0 heterocycles. The molecule has 0 aliphatic carbocycles. The van der Waals surface area contributed by atoms with Crippen LogP contribution >= 0.6 is 23.4 Å². The fourth-order valence-electron chi connectivity index (χ4n) is 3.09. The average molecular weight is 424 g/mol. The molecule has 0 saturated carbocycles. The molecular formula is C22H27ClFNO2S. The summed E-state index contributed by atoms with van der Waals surface area (Å²) < 4.78 is 19.3. The van der Waals surface area contributed by atoms with Crippen molar-refractivity contribution >= 4 is 29.3 Å². The normalized spacial score (nSPS) is 12.1. The molecule has 0 aliphatic heterocycles. The second kappa shape index (κ2) is 10.2. The Hall–Kier alpha value is -1.72. The number of aryl methyl sites for hydroxylation is 1. The molecular weight excluding hydrogens is 397 g/mol. The zero-order valence-electron chi connectivity index (χ0n) is 16.9. The van der Waals surface area contributed by atoms with Crippen molar-refractivity contribution in [1.29, 1.82) is 0 Å². The minimum absolute atomic E-state index is 0.0914. The van der Waals surface area contributed by atoms with E-state index in [1.165, 1.54) is 17.8 Å². The highest BCUT2D eigenvalue weighted by Crippen LogP contribution is 2.32.